The fraction of sp³-hybridized carbons (Fsp3) is 0.900. The van der Waals surface area contributed by atoms with Gasteiger partial charge in [0.05, 0.1) is 0 Å². The van der Waals surface area contributed by atoms with E-state index in [0.717, 1.165) is 0 Å². The van der Waals surface area contributed by atoms with E-state index in [1.54, 1.807) is 19.1 Å². The van der Waals surface area contributed by atoms with Crippen LogP contribution in [-0.2, 0) is 14.3 Å². The summed E-state index contributed by atoms with van der Waals surface area (Å²) in [4.78, 5) is 13.5. The SMILES string of the molecule is CC[C@@H](Cl)C(=O)N1C[C@H](OC)[C@H](OC)C1. The van der Waals surface area contributed by atoms with Crippen LogP contribution in [0.3, 0.4) is 0 Å². The lowest BCUT2D eigenvalue weighted by molar-refractivity contribution is -0.130. The summed E-state index contributed by atoms with van der Waals surface area (Å²) in [6, 6.07) is 0. The van der Waals surface area contributed by atoms with E-state index < -0.39 is 5.38 Å². The van der Waals surface area contributed by atoms with Crippen molar-refractivity contribution in [3.63, 3.8) is 0 Å². The summed E-state index contributed by atoms with van der Waals surface area (Å²) in [6.45, 7) is 3.03. The van der Waals surface area contributed by atoms with E-state index in [1.165, 1.54) is 0 Å². The van der Waals surface area contributed by atoms with Crippen LogP contribution in [0.5, 0.6) is 0 Å². The van der Waals surface area contributed by atoms with Crippen LogP contribution in [0.2, 0.25) is 0 Å². The molecule has 0 saturated carbocycles. The van der Waals surface area contributed by atoms with Gasteiger partial charge >= 0.3 is 0 Å². The van der Waals surface area contributed by atoms with Crippen molar-refractivity contribution in [2.24, 2.45) is 0 Å². The third kappa shape index (κ3) is 2.83. The highest BCUT2D eigenvalue weighted by Gasteiger charge is 2.36. The Morgan fingerprint density at radius 1 is 1.40 bits per heavy atom. The number of hydrogen-bond acceptors (Lipinski definition) is 3. The fourth-order valence-electron chi connectivity index (χ4n) is 1.75. The molecule has 1 aliphatic heterocycles. The molecule has 4 nitrogen and oxygen atoms in total. The van der Waals surface area contributed by atoms with Gasteiger partial charge < -0.3 is 14.4 Å². The van der Waals surface area contributed by atoms with E-state index in [2.05, 4.69) is 0 Å². The summed E-state index contributed by atoms with van der Waals surface area (Å²) in [5.41, 5.74) is 0. The van der Waals surface area contributed by atoms with Crippen molar-refractivity contribution in [1.82, 2.24) is 4.90 Å². The molecule has 0 unspecified atom stereocenters. The van der Waals surface area contributed by atoms with Gasteiger partial charge in [-0.15, -0.1) is 11.6 Å². The number of carbonyl (C=O) groups is 1. The molecular formula is C10H18ClNO3. The third-order valence-electron chi connectivity index (χ3n) is 2.76. The lowest BCUT2D eigenvalue weighted by Gasteiger charge is -2.18. The van der Waals surface area contributed by atoms with E-state index in [-0.39, 0.29) is 18.1 Å². The molecule has 15 heavy (non-hydrogen) atoms. The topological polar surface area (TPSA) is 38.8 Å². The molecule has 1 amide bonds. The average Bonchev–Trinajstić information content (AvgIpc) is 2.69. The Morgan fingerprint density at radius 2 is 1.87 bits per heavy atom. The first-order chi connectivity index (χ1) is 7.13. The number of carbonyl (C=O) groups excluding carboxylic acids is 1. The molecule has 0 bridgehead atoms. The highest BCUT2D eigenvalue weighted by Crippen LogP contribution is 2.18. The normalized spacial score (nSPS) is 28.1. The van der Waals surface area contributed by atoms with Gasteiger partial charge in [0.2, 0.25) is 5.91 Å². The Bertz CT molecular complexity index is 213. The number of hydrogen-bond donors (Lipinski definition) is 0. The second kappa shape index (κ2) is 5.68. The largest absolute Gasteiger partial charge is 0.377 e. The van der Waals surface area contributed by atoms with Crippen LogP contribution in [0.15, 0.2) is 0 Å². The summed E-state index contributed by atoms with van der Waals surface area (Å²) in [5.74, 6) is -0.0271. The first-order valence-corrected chi connectivity index (χ1v) is 5.56. The van der Waals surface area contributed by atoms with Crippen molar-refractivity contribution in [3.8, 4) is 0 Å². The van der Waals surface area contributed by atoms with Gasteiger partial charge in [-0.3, -0.25) is 4.79 Å². The van der Waals surface area contributed by atoms with Crippen LogP contribution in [0.4, 0.5) is 0 Å². The molecule has 0 aliphatic carbocycles. The molecule has 0 aromatic heterocycles. The van der Waals surface area contributed by atoms with Crippen LogP contribution in [0.25, 0.3) is 0 Å². The van der Waals surface area contributed by atoms with Crippen LogP contribution < -0.4 is 0 Å². The molecule has 1 heterocycles. The van der Waals surface area contributed by atoms with Crippen molar-refractivity contribution < 1.29 is 14.3 Å². The van der Waals surface area contributed by atoms with Gasteiger partial charge in [0.15, 0.2) is 0 Å². The molecule has 3 atom stereocenters. The van der Waals surface area contributed by atoms with Crippen LogP contribution in [-0.4, -0.2) is 55.7 Å². The molecule has 1 aliphatic rings. The summed E-state index contributed by atoms with van der Waals surface area (Å²) >= 11 is 5.90. The van der Waals surface area contributed by atoms with Gasteiger partial charge in [0.25, 0.3) is 0 Å². The number of rotatable bonds is 4. The van der Waals surface area contributed by atoms with Crippen molar-refractivity contribution >= 4 is 17.5 Å². The lowest BCUT2D eigenvalue weighted by Crippen LogP contribution is -2.35. The Labute approximate surface area is 95.5 Å². The molecule has 1 saturated heterocycles. The molecule has 0 aromatic rings. The third-order valence-corrected chi connectivity index (χ3v) is 3.25. The Morgan fingerprint density at radius 3 is 2.20 bits per heavy atom. The Hall–Kier alpha value is -0.320. The summed E-state index contributed by atoms with van der Waals surface area (Å²) in [7, 11) is 3.26. The summed E-state index contributed by atoms with van der Waals surface area (Å²) < 4.78 is 10.5. The summed E-state index contributed by atoms with van der Waals surface area (Å²) in [6.07, 6.45) is 0.561. The number of amides is 1. The molecule has 88 valence electrons. The van der Waals surface area contributed by atoms with Crippen LogP contribution in [0.1, 0.15) is 13.3 Å². The molecule has 5 heteroatoms. The molecule has 1 rings (SSSR count). The smallest absolute Gasteiger partial charge is 0.240 e. The molecule has 1 fully saturated rings. The zero-order valence-corrected chi connectivity index (χ0v) is 10.2. The standard InChI is InChI=1S/C10H18ClNO3/c1-4-7(11)10(13)12-5-8(14-2)9(6-12)15-3/h7-9H,4-6H2,1-3H3/t7-,8-,9+/m1/s1. The maximum atomic E-state index is 11.8. The predicted molar refractivity (Wildman–Crippen MR) is 58.1 cm³/mol. The van der Waals surface area contributed by atoms with Crippen LogP contribution in [0, 0.1) is 0 Å². The number of methoxy groups -OCH3 is 2. The van der Waals surface area contributed by atoms with E-state index in [9.17, 15) is 4.79 Å². The number of alkyl halides is 1. The van der Waals surface area contributed by atoms with E-state index in [4.69, 9.17) is 21.1 Å². The second-order valence-corrected chi connectivity index (χ2v) is 4.19. The van der Waals surface area contributed by atoms with Crippen LogP contribution >= 0.6 is 11.6 Å². The fourth-order valence-corrected chi connectivity index (χ4v) is 1.89. The predicted octanol–water partition coefficient (Wildman–Crippen LogP) is 0.876. The van der Waals surface area contributed by atoms with Crippen molar-refractivity contribution in [2.75, 3.05) is 27.3 Å². The highest BCUT2D eigenvalue weighted by atomic mass is 35.5. The number of likely N-dealkylation sites (tertiary alicyclic amines) is 1. The Balaban J connectivity index is 2.56. The van der Waals surface area contributed by atoms with E-state index >= 15 is 0 Å². The molecule has 0 aromatic carbocycles. The van der Waals surface area contributed by atoms with Gasteiger partial charge in [-0.25, -0.2) is 0 Å². The quantitative estimate of drug-likeness (QED) is 0.679. The minimum Gasteiger partial charge on any atom is -0.377 e. The first-order valence-electron chi connectivity index (χ1n) is 5.12. The lowest BCUT2D eigenvalue weighted by atomic mass is 10.3. The van der Waals surface area contributed by atoms with Crippen molar-refractivity contribution in [2.45, 2.75) is 30.9 Å². The maximum absolute atomic E-state index is 11.8. The number of nitrogens with zero attached hydrogens (tertiary/aromatic N) is 1. The zero-order chi connectivity index (χ0) is 11.4. The van der Waals surface area contributed by atoms with Gasteiger partial charge in [-0.05, 0) is 6.42 Å². The second-order valence-electron chi connectivity index (χ2n) is 3.67. The van der Waals surface area contributed by atoms with Gasteiger partial charge in [-0.2, -0.15) is 0 Å². The average molecular weight is 236 g/mol. The zero-order valence-electron chi connectivity index (χ0n) is 9.40. The highest BCUT2D eigenvalue weighted by molar-refractivity contribution is 6.30. The minimum atomic E-state index is -0.432. The molecular weight excluding hydrogens is 218 g/mol. The first kappa shape index (κ1) is 12.7. The van der Waals surface area contributed by atoms with Gasteiger partial charge in [0, 0.05) is 27.3 Å². The Kier molecular flexibility index (Phi) is 4.83. The van der Waals surface area contributed by atoms with Gasteiger partial charge in [0.1, 0.15) is 17.6 Å². The molecule has 0 spiro atoms. The van der Waals surface area contributed by atoms with E-state index in [1.807, 2.05) is 6.92 Å². The molecule has 0 N–H and O–H groups in total. The summed E-state index contributed by atoms with van der Waals surface area (Å²) in [5, 5.41) is -0.432. The van der Waals surface area contributed by atoms with Crippen molar-refractivity contribution in [3.05, 3.63) is 0 Å². The minimum absolute atomic E-state index is 0.0271. The maximum Gasteiger partial charge on any atom is 0.240 e. The molecule has 0 radical (unpaired) electrons. The van der Waals surface area contributed by atoms with Crippen molar-refractivity contribution in [1.29, 1.82) is 0 Å². The van der Waals surface area contributed by atoms with Gasteiger partial charge in [-0.1, -0.05) is 6.92 Å². The number of ether oxygens (including phenoxy) is 2. The number of halogens is 1. The monoisotopic (exact) mass is 235 g/mol. The van der Waals surface area contributed by atoms with E-state index in [0.29, 0.717) is 19.5 Å².